The summed E-state index contributed by atoms with van der Waals surface area (Å²) in [5.74, 6) is 1.82. The molecule has 7 rings (SSSR count). The van der Waals surface area contributed by atoms with E-state index in [1.165, 1.54) is 6.07 Å². The molecule has 0 unspecified atom stereocenters. The first-order chi connectivity index (χ1) is 18.1. The summed E-state index contributed by atoms with van der Waals surface area (Å²) in [6.45, 7) is 2.53. The van der Waals surface area contributed by atoms with Crippen molar-refractivity contribution < 1.29 is 4.74 Å². The lowest BCUT2D eigenvalue weighted by Crippen LogP contribution is -2.62. The van der Waals surface area contributed by atoms with Crippen LogP contribution in [0.4, 0.5) is 0 Å². The van der Waals surface area contributed by atoms with Crippen molar-refractivity contribution in [3.8, 4) is 23.2 Å². The first kappa shape index (κ1) is 21.7. The fourth-order valence-corrected chi connectivity index (χ4v) is 5.43. The molecule has 0 radical (unpaired) electrons. The maximum Gasteiger partial charge on any atom is 0.255 e. The monoisotopic (exact) mass is 489 g/mol. The molecule has 5 aromatic rings. The first-order valence-electron chi connectivity index (χ1n) is 12.3. The molecule has 1 spiro atoms. The molecule has 2 aromatic carbocycles. The van der Waals surface area contributed by atoms with Gasteiger partial charge in [0.05, 0.1) is 41.6 Å². The number of hydrogen-bond donors (Lipinski definition) is 1. The average Bonchev–Trinajstić information content (AvgIpc) is 3.25. The van der Waals surface area contributed by atoms with E-state index in [-0.39, 0.29) is 11.7 Å². The maximum absolute atomic E-state index is 12.8. The number of hydrogen-bond acceptors (Lipinski definition) is 7. The van der Waals surface area contributed by atoms with E-state index < -0.39 is 0 Å². The molecule has 182 valence electrons. The summed E-state index contributed by atoms with van der Waals surface area (Å²) in [6, 6.07) is 16.8. The van der Waals surface area contributed by atoms with Crippen molar-refractivity contribution in [1.82, 2.24) is 29.2 Å². The highest BCUT2D eigenvalue weighted by atomic mass is 16.5. The average molecular weight is 490 g/mol. The van der Waals surface area contributed by atoms with Gasteiger partial charge < -0.3 is 10.1 Å². The van der Waals surface area contributed by atoms with Crippen LogP contribution in [0.3, 0.4) is 0 Å². The van der Waals surface area contributed by atoms with Crippen molar-refractivity contribution in [1.29, 1.82) is 5.26 Å². The predicted molar refractivity (Wildman–Crippen MR) is 137 cm³/mol. The number of benzene rings is 2. The summed E-state index contributed by atoms with van der Waals surface area (Å²) in [4.78, 5) is 26.6. The molecule has 4 heterocycles. The van der Waals surface area contributed by atoms with E-state index >= 15 is 0 Å². The van der Waals surface area contributed by atoms with Gasteiger partial charge in [-0.1, -0.05) is 18.2 Å². The topological polar surface area (TPSA) is 110 Å². The Labute approximate surface area is 212 Å². The lowest BCUT2D eigenvalue weighted by atomic mass is 9.63. The van der Waals surface area contributed by atoms with Gasteiger partial charge in [0.1, 0.15) is 6.10 Å². The van der Waals surface area contributed by atoms with Crippen LogP contribution in [0.2, 0.25) is 0 Å². The fraction of sp³-hybridized carbons (Fsp3) is 0.250. The largest absolute Gasteiger partial charge is 0.487 e. The van der Waals surface area contributed by atoms with E-state index in [0.717, 1.165) is 48.1 Å². The highest BCUT2D eigenvalue weighted by Crippen LogP contribution is 2.45. The molecule has 0 amide bonds. The number of rotatable bonds is 5. The Morgan fingerprint density at radius 1 is 1.11 bits per heavy atom. The number of nitrogens with one attached hydrogen (secondary N) is 1. The van der Waals surface area contributed by atoms with Gasteiger partial charge in [-0.25, -0.2) is 15.0 Å². The van der Waals surface area contributed by atoms with Crippen LogP contribution in [-0.4, -0.2) is 43.1 Å². The van der Waals surface area contributed by atoms with Gasteiger partial charge in [-0.2, -0.15) is 5.26 Å². The molecule has 9 nitrogen and oxygen atoms in total. The third kappa shape index (κ3) is 3.74. The molecular weight excluding hydrogens is 466 g/mol. The van der Waals surface area contributed by atoms with Crippen LogP contribution < -0.4 is 15.6 Å². The van der Waals surface area contributed by atoms with Crippen LogP contribution in [0.15, 0.2) is 71.9 Å². The summed E-state index contributed by atoms with van der Waals surface area (Å²) < 4.78 is 9.52. The van der Waals surface area contributed by atoms with Crippen molar-refractivity contribution in [2.24, 2.45) is 5.41 Å². The molecule has 1 aliphatic carbocycles. The summed E-state index contributed by atoms with van der Waals surface area (Å²) in [5.41, 5.74) is 4.15. The zero-order valence-corrected chi connectivity index (χ0v) is 20.0. The molecule has 0 bridgehead atoms. The molecule has 1 N–H and O–H groups in total. The Balaban J connectivity index is 1.14. The van der Waals surface area contributed by atoms with Gasteiger partial charge in [0.2, 0.25) is 5.78 Å². The van der Waals surface area contributed by atoms with Gasteiger partial charge in [0.25, 0.3) is 5.56 Å². The standard InChI is InChI=1S/C28H23N7O2/c29-12-18-4-5-23-24(9-18)34-7-6-25(36)35(27(34)33-23)15-19-2-1-3-20(8-19)26-31-13-22(14-32-26)37-21-10-28(11-21)16-30-17-28/h1-9,13-14,21,30H,10-11,15-17H2. The second-order valence-electron chi connectivity index (χ2n) is 10.0. The van der Waals surface area contributed by atoms with E-state index in [1.54, 1.807) is 41.4 Å². The van der Waals surface area contributed by atoms with Gasteiger partial charge in [0, 0.05) is 36.3 Å². The lowest BCUT2D eigenvalue weighted by molar-refractivity contribution is -0.0497. The van der Waals surface area contributed by atoms with Crippen molar-refractivity contribution in [2.75, 3.05) is 13.1 Å². The minimum atomic E-state index is -0.151. The Bertz CT molecular complexity index is 1750. The van der Waals surface area contributed by atoms with Crippen LogP contribution in [0, 0.1) is 16.7 Å². The number of ether oxygens (including phenoxy) is 1. The van der Waals surface area contributed by atoms with Crippen LogP contribution in [0.1, 0.15) is 24.0 Å². The molecule has 0 atom stereocenters. The summed E-state index contributed by atoms with van der Waals surface area (Å²) >= 11 is 0. The number of nitrogens with zero attached hydrogens (tertiary/aromatic N) is 6. The highest BCUT2D eigenvalue weighted by Gasteiger charge is 2.49. The summed E-state index contributed by atoms with van der Waals surface area (Å²) in [5, 5.41) is 12.6. The maximum atomic E-state index is 12.8. The SMILES string of the molecule is N#Cc1ccc2nc3n(Cc4cccc(-c5ncc(OC6CC7(CNC7)C6)cn5)c4)c(=O)ccn3c2c1. The molecular formula is C28H23N7O2. The normalized spacial score (nSPS) is 16.4. The van der Waals surface area contributed by atoms with E-state index in [2.05, 4.69) is 26.3 Å². The zero-order valence-electron chi connectivity index (χ0n) is 20.0. The molecule has 1 aliphatic heterocycles. The first-order valence-corrected chi connectivity index (χ1v) is 12.3. The Hall–Kier alpha value is -4.55. The number of imidazole rings is 1. The third-order valence-corrected chi connectivity index (χ3v) is 7.45. The van der Waals surface area contributed by atoms with E-state index in [4.69, 9.17) is 4.74 Å². The fourth-order valence-electron chi connectivity index (χ4n) is 5.43. The van der Waals surface area contributed by atoms with E-state index in [0.29, 0.717) is 34.9 Å². The second kappa shape index (κ2) is 8.25. The Morgan fingerprint density at radius 2 is 1.95 bits per heavy atom. The highest BCUT2D eigenvalue weighted by molar-refractivity contribution is 5.81. The molecule has 9 heteroatoms. The molecule has 37 heavy (non-hydrogen) atoms. The van der Waals surface area contributed by atoms with Gasteiger partial charge in [-0.3, -0.25) is 13.8 Å². The van der Waals surface area contributed by atoms with Gasteiger partial charge in [-0.15, -0.1) is 0 Å². The van der Waals surface area contributed by atoms with Crippen molar-refractivity contribution in [2.45, 2.75) is 25.5 Å². The Morgan fingerprint density at radius 3 is 2.70 bits per heavy atom. The van der Waals surface area contributed by atoms with Crippen LogP contribution in [-0.2, 0) is 6.54 Å². The molecule has 3 aromatic heterocycles. The summed E-state index contributed by atoms with van der Waals surface area (Å²) in [6.07, 6.45) is 7.58. The van der Waals surface area contributed by atoms with Crippen LogP contribution in [0.5, 0.6) is 5.75 Å². The summed E-state index contributed by atoms with van der Waals surface area (Å²) in [7, 11) is 0. The minimum Gasteiger partial charge on any atom is -0.487 e. The number of nitriles is 1. The molecule has 2 fully saturated rings. The van der Waals surface area contributed by atoms with E-state index in [9.17, 15) is 10.1 Å². The van der Waals surface area contributed by atoms with Gasteiger partial charge in [0.15, 0.2) is 11.6 Å². The van der Waals surface area contributed by atoms with Gasteiger partial charge in [-0.05, 0) is 42.7 Å². The zero-order chi connectivity index (χ0) is 25.0. The molecule has 1 saturated carbocycles. The van der Waals surface area contributed by atoms with E-state index in [1.807, 2.05) is 28.7 Å². The van der Waals surface area contributed by atoms with Gasteiger partial charge >= 0.3 is 0 Å². The van der Waals surface area contributed by atoms with Crippen molar-refractivity contribution in [3.05, 3.63) is 88.6 Å². The number of fused-ring (bicyclic) bond motifs is 3. The second-order valence-corrected chi connectivity index (χ2v) is 10.0. The predicted octanol–water partition coefficient (Wildman–Crippen LogP) is 3.16. The third-order valence-electron chi connectivity index (χ3n) is 7.45. The number of aromatic nitrogens is 5. The molecule has 1 saturated heterocycles. The van der Waals surface area contributed by atoms with Crippen molar-refractivity contribution >= 4 is 16.8 Å². The van der Waals surface area contributed by atoms with Crippen molar-refractivity contribution in [3.63, 3.8) is 0 Å². The Kier molecular flexibility index (Phi) is 4.84. The lowest BCUT2D eigenvalue weighted by Gasteiger charge is -2.53. The minimum absolute atomic E-state index is 0.151. The van der Waals surface area contributed by atoms with Crippen LogP contribution in [0.25, 0.3) is 28.2 Å². The quantitative estimate of drug-likeness (QED) is 0.404. The smallest absolute Gasteiger partial charge is 0.255 e. The molecule has 2 aliphatic rings. The van der Waals surface area contributed by atoms with Crippen LogP contribution >= 0.6 is 0 Å².